The summed E-state index contributed by atoms with van der Waals surface area (Å²) in [6, 6.07) is 6.06. The quantitative estimate of drug-likeness (QED) is 0.778. The van der Waals surface area contributed by atoms with Crippen LogP contribution in [0.5, 0.6) is 0 Å². The molecule has 0 aromatic heterocycles. The number of benzene rings is 1. The maximum absolute atomic E-state index is 13.3. The van der Waals surface area contributed by atoms with Gasteiger partial charge in [-0.15, -0.1) is 0 Å². The second-order valence-corrected chi connectivity index (χ2v) is 5.67. The average molecular weight is 309 g/mol. The Morgan fingerprint density at radius 3 is 3.05 bits per heavy atom. The summed E-state index contributed by atoms with van der Waals surface area (Å²) in [5, 5.41) is 14.8. The molecule has 0 saturated carbocycles. The van der Waals surface area contributed by atoms with E-state index in [1.165, 1.54) is 12.1 Å². The van der Waals surface area contributed by atoms with Crippen molar-refractivity contribution in [3.05, 3.63) is 30.1 Å². The van der Waals surface area contributed by atoms with Gasteiger partial charge >= 0.3 is 6.03 Å². The van der Waals surface area contributed by atoms with Crippen LogP contribution >= 0.6 is 0 Å². The van der Waals surface area contributed by atoms with Gasteiger partial charge in [-0.2, -0.15) is 0 Å². The highest BCUT2D eigenvalue weighted by atomic mass is 19.1. The molecule has 0 aliphatic carbocycles. The van der Waals surface area contributed by atoms with Crippen LogP contribution in [0.4, 0.5) is 14.9 Å². The van der Waals surface area contributed by atoms with Crippen LogP contribution < -0.4 is 15.5 Å². The third kappa shape index (κ3) is 4.59. The number of halogens is 1. The van der Waals surface area contributed by atoms with E-state index in [1.54, 1.807) is 6.07 Å². The van der Waals surface area contributed by atoms with E-state index in [4.69, 9.17) is 5.11 Å². The van der Waals surface area contributed by atoms with Gasteiger partial charge in [0, 0.05) is 24.8 Å². The molecule has 1 fully saturated rings. The maximum Gasteiger partial charge on any atom is 0.315 e. The Bertz CT molecular complexity index is 494. The molecule has 0 bridgehead atoms. The van der Waals surface area contributed by atoms with Crippen molar-refractivity contribution in [1.29, 1.82) is 0 Å². The summed E-state index contributed by atoms with van der Waals surface area (Å²) in [4.78, 5) is 14.0. The van der Waals surface area contributed by atoms with E-state index in [0.29, 0.717) is 13.0 Å². The average Bonchev–Trinajstić information content (AvgIpc) is 2.53. The van der Waals surface area contributed by atoms with Crippen molar-refractivity contribution < 1.29 is 14.3 Å². The molecule has 1 aromatic rings. The fourth-order valence-electron chi connectivity index (χ4n) is 2.69. The number of anilines is 1. The van der Waals surface area contributed by atoms with Crippen LogP contribution in [0.25, 0.3) is 0 Å². The van der Waals surface area contributed by atoms with Gasteiger partial charge in [-0.25, -0.2) is 9.18 Å². The molecule has 1 heterocycles. The summed E-state index contributed by atoms with van der Waals surface area (Å²) in [5.74, 6) is -0.251. The van der Waals surface area contributed by atoms with Crippen molar-refractivity contribution in [2.45, 2.75) is 38.3 Å². The molecule has 6 heteroatoms. The highest BCUT2D eigenvalue weighted by molar-refractivity contribution is 5.74. The van der Waals surface area contributed by atoms with E-state index in [1.807, 2.05) is 13.0 Å². The predicted octanol–water partition coefficient (Wildman–Crippen LogP) is 1.86. The standard InChI is InChI=1S/C16H24FN3O2/c1-2-13(11-21)18-16(22)19-14-6-4-8-20(10-14)15-7-3-5-12(17)9-15/h3,5,7,9,13-14,21H,2,4,6,8,10-11H2,1H3,(H2,18,19,22)/t13-,14?/m0/s1. The molecule has 0 radical (unpaired) electrons. The van der Waals surface area contributed by atoms with Crippen molar-refractivity contribution in [2.75, 3.05) is 24.6 Å². The van der Waals surface area contributed by atoms with Crippen molar-refractivity contribution in [3.8, 4) is 0 Å². The molecule has 0 spiro atoms. The summed E-state index contributed by atoms with van der Waals surface area (Å²) in [7, 11) is 0. The normalized spacial score (nSPS) is 19.6. The third-order valence-electron chi connectivity index (χ3n) is 3.98. The van der Waals surface area contributed by atoms with Gasteiger partial charge in [-0.1, -0.05) is 13.0 Å². The lowest BCUT2D eigenvalue weighted by molar-refractivity contribution is 0.210. The molecule has 3 N–H and O–H groups in total. The Kier molecular flexibility index (Phi) is 6.00. The van der Waals surface area contributed by atoms with Crippen molar-refractivity contribution in [3.63, 3.8) is 0 Å². The van der Waals surface area contributed by atoms with Gasteiger partial charge in [-0.05, 0) is 37.5 Å². The molecular formula is C16H24FN3O2. The minimum absolute atomic E-state index is 0.0215. The molecule has 5 nitrogen and oxygen atoms in total. The molecule has 1 unspecified atom stereocenters. The number of hydrogen-bond donors (Lipinski definition) is 3. The zero-order chi connectivity index (χ0) is 15.9. The molecule has 1 aromatic carbocycles. The van der Waals surface area contributed by atoms with Crippen molar-refractivity contribution in [2.24, 2.45) is 0 Å². The van der Waals surface area contributed by atoms with Gasteiger partial charge < -0.3 is 20.6 Å². The topological polar surface area (TPSA) is 64.6 Å². The number of aliphatic hydroxyl groups excluding tert-OH is 1. The number of carbonyl (C=O) groups excluding carboxylic acids is 1. The molecule has 122 valence electrons. The number of nitrogens with one attached hydrogen (secondary N) is 2. The molecular weight excluding hydrogens is 285 g/mol. The van der Waals surface area contributed by atoms with E-state index in [2.05, 4.69) is 15.5 Å². The third-order valence-corrected chi connectivity index (χ3v) is 3.98. The summed E-state index contributed by atoms with van der Waals surface area (Å²) in [6.45, 7) is 3.36. The second kappa shape index (κ2) is 7.98. The van der Waals surface area contributed by atoms with Crippen LogP contribution in [0.15, 0.2) is 24.3 Å². The van der Waals surface area contributed by atoms with Gasteiger partial charge in [0.25, 0.3) is 0 Å². The summed E-state index contributed by atoms with van der Waals surface area (Å²) >= 11 is 0. The lowest BCUT2D eigenvalue weighted by Crippen LogP contribution is -2.52. The number of amides is 2. The van der Waals surface area contributed by atoms with E-state index in [0.717, 1.165) is 25.1 Å². The Morgan fingerprint density at radius 2 is 2.36 bits per heavy atom. The maximum atomic E-state index is 13.3. The molecule has 22 heavy (non-hydrogen) atoms. The first-order valence-corrected chi connectivity index (χ1v) is 7.80. The van der Waals surface area contributed by atoms with Gasteiger partial charge in [0.1, 0.15) is 5.82 Å². The van der Waals surface area contributed by atoms with Crippen LogP contribution in [0.1, 0.15) is 26.2 Å². The largest absolute Gasteiger partial charge is 0.394 e. The van der Waals surface area contributed by atoms with Crippen LogP contribution in [-0.2, 0) is 0 Å². The number of carbonyl (C=O) groups is 1. The monoisotopic (exact) mass is 309 g/mol. The smallest absolute Gasteiger partial charge is 0.315 e. The van der Waals surface area contributed by atoms with Gasteiger partial charge in [0.2, 0.25) is 0 Å². The van der Waals surface area contributed by atoms with Crippen LogP contribution in [-0.4, -0.2) is 42.9 Å². The van der Waals surface area contributed by atoms with E-state index < -0.39 is 0 Å². The molecule has 1 aliphatic heterocycles. The zero-order valence-corrected chi connectivity index (χ0v) is 12.9. The second-order valence-electron chi connectivity index (χ2n) is 5.67. The fraction of sp³-hybridized carbons (Fsp3) is 0.562. The van der Waals surface area contributed by atoms with E-state index in [-0.39, 0.29) is 30.5 Å². The highest BCUT2D eigenvalue weighted by Crippen LogP contribution is 2.20. The Morgan fingerprint density at radius 1 is 1.55 bits per heavy atom. The van der Waals surface area contributed by atoms with Gasteiger partial charge in [0.15, 0.2) is 0 Å². The number of rotatable bonds is 5. The van der Waals surface area contributed by atoms with Gasteiger partial charge in [0.05, 0.1) is 12.6 Å². The Labute approximate surface area is 130 Å². The first-order chi connectivity index (χ1) is 10.6. The molecule has 1 aliphatic rings. The minimum atomic E-state index is -0.257. The van der Waals surface area contributed by atoms with Gasteiger partial charge in [-0.3, -0.25) is 0 Å². The fourth-order valence-corrected chi connectivity index (χ4v) is 2.69. The predicted molar refractivity (Wildman–Crippen MR) is 84.5 cm³/mol. The van der Waals surface area contributed by atoms with Crippen LogP contribution in [0.2, 0.25) is 0 Å². The number of hydrogen-bond acceptors (Lipinski definition) is 3. The number of nitrogens with zero attached hydrogens (tertiary/aromatic N) is 1. The van der Waals surface area contributed by atoms with Crippen LogP contribution in [0.3, 0.4) is 0 Å². The lowest BCUT2D eigenvalue weighted by atomic mass is 10.0. The highest BCUT2D eigenvalue weighted by Gasteiger charge is 2.22. The number of aliphatic hydroxyl groups is 1. The number of urea groups is 1. The summed E-state index contributed by atoms with van der Waals surface area (Å²) in [6.07, 6.45) is 2.53. The zero-order valence-electron chi connectivity index (χ0n) is 12.9. The molecule has 2 rings (SSSR count). The van der Waals surface area contributed by atoms with Crippen molar-refractivity contribution >= 4 is 11.7 Å². The SMILES string of the molecule is CC[C@@H](CO)NC(=O)NC1CCCN(c2cccc(F)c2)C1. The molecule has 1 saturated heterocycles. The molecule has 2 atom stereocenters. The van der Waals surface area contributed by atoms with Crippen molar-refractivity contribution in [1.82, 2.24) is 10.6 Å². The summed E-state index contributed by atoms with van der Waals surface area (Å²) in [5.41, 5.74) is 0.841. The first kappa shape index (κ1) is 16.5. The number of piperidine rings is 1. The van der Waals surface area contributed by atoms with Crippen LogP contribution in [0, 0.1) is 5.82 Å². The first-order valence-electron chi connectivity index (χ1n) is 7.80. The minimum Gasteiger partial charge on any atom is -0.394 e. The molecule has 2 amide bonds. The van der Waals surface area contributed by atoms with E-state index in [9.17, 15) is 9.18 Å². The lowest BCUT2D eigenvalue weighted by Gasteiger charge is -2.35. The van der Waals surface area contributed by atoms with E-state index >= 15 is 0 Å². The summed E-state index contributed by atoms with van der Waals surface area (Å²) < 4.78 is 13.3. The Hall–Kier alpha value is -1.82. The Balaban J connectivity index is 1.89.